The molecule has 1 amide bonds. The van der Waals surface area contributed by atoms with Gasteiger partial charge >= 0.3 is 5.76 Å². The fourth-order valence-corrected chi connectivity index (χ4v) is 3.46. The van der Waals surface area contributed by atoms with Crippen LogP contribution in [0, 0.1) is 0 Å². The van der Waals surface area contributed by atoms with Gasteiger partial charge in [0.2, 0.25) is 0 Å². The summed E-state index contributed by atoms with van der Waals surface area (Å²) in [5.74, 6) is -0.117. The molecule has 8 heteroatoms. The SMILES string of the molecule is CCc1cccc(OCC(=O)Nc2nc(-c3ccc4[nH]c(=O)oc4c3)cs2)c1. The molecule has 28 heavy (non-hydrogen) atoms. The zero-order valence-electron chi connectivity index (χ0n) is 15.0. The van der Waals surface area contributed by atoms with E-state index in [0.29, 0.717) is 27.7 Å². The molecule has 0 bridgehead atoms. The van der Waals surface area contributed by atoms with Crippen molar-refractivity contribution < 1.29 is 13.9 Å². The molecule has 0 aliphatic carbocycles. The fourth-order valence-electron chi connectivity index (χ4n) is 2.73. The maximum absolute atomic E-state index is 12.1. The Balaban J connectivity index is 1.40. The van der Waals surface area contributed by atoms with E-state index >= 15 is 0 Å². The van der Waals surface area contributed by atoms with Gasteiger partial charge in [-0.2, -0.15) is 0 Å². The molecule has 0 atom stereocenters. The summed E-state index contributed by atoms with van der Waals surface area (Å²) in [4.78, 5) is 30.4. The minimum Gasteiger partial charge on any atom is -0.484 e. The molecule has 0 fully saturated rings. The largest absolute Gasteiger partial charge is 0.484 e. The van der Waals surface area contributed by atoms with Crippen LogP contribution in [0.25, 0.3) is 22.4 Å². The van der Waals surface area contributed by atoms with E-state index in [1.807, 2.05) is 35.7 Å². The lowest BCUT2D eigenvalue weighted by molar-refractivity contribution is -0.118. The molecule has 4 rings (SSSR count). The van der Waals surface area contributed by atoms with Crippen LogP contribution in [0.1, 0.15) is 12.5 Å². The van der Waals surface area contributed by atoms with Gasteiger partial charge in [0.1, 0.15) is 5.75 Å². The van der Waals surface area contributed by atoms with E-state index in [2.05, 4.69) is 22.2 Å². The standard InChI is InChI=1S/C20H17N3O4S/c1-2-12-4-3-5-14(8-12)26-10-18(24)23-19-21-16(11-28-19)13-6-7-15-17(9-13)27-20(25)22-15/h3-9,11H,2,10H2,1H3,(H,22,25)(H,21,23,24). The molecule has 4 aromatic rings. The number of amides is 1. The number of hydrogen-bond donors (Lipinski definition) is 2. The molecule has 2 N–H and O–H groups in total. The van der Waals surface area contributed by atoms with Gasteiger partial charge in [0, 0.05) is 10.9 Å². The van der Waals surface area contributed by atoms with Gasteiger partial charge in [-0.1, -0.05) is 25.1 Å². The van der Waals surface area contributed by atoms with Gasteiger partial charge < -0.3 is 9.15 Å². The highest BCUT2D eigenvalue weighted by molar-refractivity contribution is 7.14. The number of nitrogens with zero attached hydrogens (tertiary/aromatic N) is 1. The topological polar surface area (TPSA) is 97.2 Å². The molecule has 2 aromatic carbocycles. The van der Waals surface area contributed by atoms with E-state index in [-0.39, 0.29) is 12.5 Å². The van der Waals surface area contributed by atoms with E-state index < -0.39 is 5.76 Å². The van der Waals surface area contributed by atoms with Crippen molar-refractivity contribution in [3.8, 4) is 17.0 Å². The number of thiazole rings is 1. The summed E-state index contributed by atoms with van der Waals surface area (Å²) < 4.78 is 10.6. The number of benzene rings is 2. The molecule has 0 aliphatic heterocycles. The number of H-pyrrole nitrogens is 1. The van der Waals surface area contributed by atoms with Crippen LogP contribution < -0.4 is 15.8 Å². The lowest BCUT2D eigenvalue weighted by Crippen LogP contribution is -2.20. The molecular formula is C20H17N3O4S. The third-order valence-electron chi connectivity index (χ3n) is 4.14. The normalized spacial score (nSPS) is 10.9. The molecule has 2 heterocycles. The number of nitrogens with one attached hydrogen (secondary N) is 2. The van der Waals surface area contributed by atoms with Crippen molar-refractivity contribution in [2.75, 3.05) is 11.9 Å². The highest BCUT2D eigenvalue weighted by Crippen LogP contribution is 2.27. The van der Waals surface area contributed by atoms with E-state index in [1.165, 1.54) is 11.3 Å². The maximum atomic E-state index is 12.1. The van der Waals surface area contributed by atoms with Gasteiger partial charge in [0.25, 0.3) is 5.91 Å². The number of rotatable bonds is 6. The zero-order valence-corrected chi connectivity index (χ0v) is 15.8. The van der Waals surface area contributed by atoms with Crippen LogP contribution >= 0.6 is 11.3 Å². The molecule has 0 saturated carbocycles. The Kier molecular flexibility index (Phi) is 4.94. The van der Waals surface area contributed by atoms with Crippen LogP contribution in [-0.4, -0.2) is 22.5 Å². The molecule has 142 valence electrons. The summed E-state index contributed by atoms with van der Waals surface area (Å²) in [6, 6.07) is 13.0. The Morgan fingerprint density at radius 3 is 3.04 bits per heavy atom. The lowest BCUT2D eigenvalue weighted by Gasteiger charge is -2.07. The summed E-state index contributed by atoms with van der Waals surface area (Å²) in [7, 11) is 0. The number of carbonyl (C=O) groups excluding carboxylic acids is 1. The van der Waals surface area contributed by atoms with Gasteiger partial charge in [-0.05, 0) is 36.2 Å². The summed E-state index contributed by atoms with van der Waals surface area (Å²) in [6.07, 6.45) is 0.906. The van der Waals surface area contributed by atoms with E-state index in [9.17, 15) is 9.59 Å². The van der Waals surface area contributed by atoms with Gasteiger partial charge in [0.05, 0.1) is 11.2 Å². The number of ether oxygens (including phenoxy) is 1. The second kappa shape index (κ2) is 7.69. The fraction of sp³-hybridized carbons (Fsp3) is 0.150. The van der Waals surface area contributed by atoms with Crippen LogP contribution in [0.15, 0.2) is 57.1 Å². The van der Waals surface area contributed by atoms with Gasteiger partial charge in [-0.15, -0.1) is 11.3 Å². The van der Waals surface area contributed by atoms with Crippen molar-refractivity contribution in [3.63, 3.8) is 0 Å². The number of carbonyl (C=O) groups is 1. The number of aromatic nitrogens is 2. The first-order valence-corrected chi connectivity index (χ1v) is 9.59. The van der Waals surface area contributed by atoms with Crippen LogP contribution in [0.2, 0.25) is 0 Å². The second-order valence-corrected chi connectivity index (χ2v) is 6.96. The van der Waals surface area contributed by atoms with Crippen LogP contribution in [0.3, 0.4) is 0 Å². The molecule has 7 nitrogen and oxygen atoms in total. The van der Waals surface area contributed by atoms with E-state index in [4.69, 9.17) is 9.15 Å². The zero-order chi connectivity index (χ0) is 19.5. The Morgan fingerprint density at radius 1 is 1.29 bits per heavy atom. The molecule has 0 saturated heterocycles. The van der Waals surface area contributed by atoms with Crippen LogP contribution in [0.5, 0.6) is 5.75 Å². The smallest absolute Gasteiger partial charge is 0.417 e. The molecular weight excluding hydrogens is 378 g/mol. The number of aryl methyl sites for hydroxylation is 1. The van der Waals surface area contributed by atoms with Crippen molar-refractivity contribution in [3.05, 3.63) is 64.0 Å². The molecule has 2 aromatic heterocycles. The Morgan fingerprint density at radius 2 is 2.18 bits per heavy atom. The highest BCUT2D eigenvalue weighted by atomic mass is 32.1. The quantitative estimate of drug-likeness (QED) is 0.517. The highest BCUT2D eigenvalue weighted by Gasteiger charge is 2.10. The summed E-state index contributed by atoms with van der Waals surface area (Å²) in [5, 5.41) is 5.04. The predicted molar refractivity (Wildman–Crippen MR) is 108 cm³/mol. The first-order valence-electron chi connectivity index (χ1n) is 8.71. The Hall–Kier alpha value is -3.39. The van der Waals surface area contributed by atoms with Crippen LogP contribution in [0.4, 0.5) is 5.13 Å². The molecule has 0 unspecified atom stereocenters. The first-order chi connectivity index (χ1) is 13.6. The minimum atomic E-state index is -0.497. The van der Waals surface area contributed by atoms with Crippen molar-refractivity contribution in [1.29, 1.82) is 0 Å². The third-order valence-corrected chi connectivity index (χ3v) is 4.90. The monoisotopic (exact) mass is 395 g/mol. The summed E-state index contributed by atoms with van der Waals surface area (Å²) in [6.45, 7) is 1.97. The van der Waals surface area contributed by atoms with Gasteiger partial charge in [-0.25, -0.2) is 9.78 Å². The number of anilines is 1. The summed E-state index contributed by atoms with van der Waals surface area (Å²) in [5.41, 5.74) is 3.71. The lowest BCUT2D eigenvalue weighted by atomic mass is 10.1. The molecule has 0 radical (unpaired) electrons. The average Bonchev–Trinajstić information content (AvgIpc) is 3.31. The average molecular weight is 395 g/mol. The minimum absolute atomic E-state index is 0.0947. The first kappa shape index (κ1) is 18.0. The van der Waals surface area contributed by atoms with Crippen molar-refractivity contribution in [2.24, 2.45) is 0 Å². The number of fused-ring (bicyclic) bond motifs is 1. The second-order valence-electron chi connectivity index (χ2n) is 6.10. The molecule has 0 spiro atoms. The summed E-state index contributed by atoms with van der Waals surface area (Å²) >= 11 is 1.31. The number of aromatic amines is 1. The van der Waals surface area contributed by atoms with E-state index in [0.717, 1.165) is 17.5 Å². The number of oxazole rings is 1. The van der Waals surface area contributed by atoms with Gasteiger partial charge in [0.15, 0.2) is 17.3 Å². The van der Waals surface area contributed by atoms with Crippen molar-refractivity contribution in [1.82, 2.24) is 9.97 Å². The predicted octanol–water partition coefficient (Wildman–Crippen LogP) is 3.82. The maximum Gasteiger partial charge on any atom is 0.417 e. The van der Waals surface area contributed by atoms with Gasteiger partial charge in [-0.3, -0.25) is 15.1 Å². The third kappa shape index (κ3) is 3.96. The van der Waals surface area contributed by atoms with Crippen molar-refractivity contribution >= 4 is 33.5 Å². The number of hydrogen-bond acceptors (Lipinski definition) is 6. The Labute approximate surface area is 164 Å². The van der Waals surface area contributed by atoms with E-state index in [1.54, 1.807) is 12.1 Å². The van der Waals surface area contributed by atoms with Crippen LogP contribution in [-0.2, 0) is 11.2 Å². The molecule has 0 aliphatic rings. The van der Waals surface area contributed by atoms with Crippen molar-refractivity contribution in [2.45, 2.75) is 13.3 Å². The Bertz CT molecular complexity index is 1190.